The summed E-state index contributed by atoms with van der Waals surface area (Å²) in [6, 6.07) is 14.3. The van der Waals surface area contributed by atoms with Gasteiger partial charge in [0.2, 0.25) is 0 Å². The summed E-state index contributed by atoms with van der Waals surface area (Å²) in [7, 11) is 0. The van der Waals surface area contributed by atoms with Crippen LogP contribution in [0.3, 0.4) is 0 Å². The van der Waals surface area contributed by atoms with E-state index in [2.05, 4.69) is 48.7 Å². The second kappa shape index (κ2) is 7.10. The van der Waals surface area contributed by atoms with Crippen molar-refractivity contribution in [1.29, 1.82) is 0 Å². The molecule has 0 spiro atoms. The first-order valence-electron chi connectivity index (χ1n) is 6.81. The van der Waals surface area contributed by atoms with Crippen LogP contribution in [-0.2, 0) is 6.54 Å². The molecule has 0 aliphatic carbocycles. The summed E-state index contributed by atoms with van der Waals surface area (Å²) in [4.78, 5) is 14.0. The number of amides is 2. The fraction of sp³-hybridized carbons (Fsp3) is 0.312. The lowest BCUT2D eigenvalue weighted by Gasteiger charge is -2.08. The van der Waals surface area contributed by atoms with Gasteiger partial charge in [0.15, 0.2) is 0 Å². The zero-order valence-corrected chi connectivity index (χ0v) is 12.7. The number of benzene rings is 1. The van der Waals surface area contributed by atoms with E-state index < -0.39 is 0 Å². The molecule has 0 unspecified atom stereocenters. The zero-order valence-electron chi connectivity index (χ0n) is 11.8. The Bertz CT molecular complexity index is 549. The highest BCUT2D eigenvalue weighted by atomic mass is 32.1. The molecule has 2 N–H and O–H groups in total. The van der Waals surface area contributed by atoms with E-state index in [1.807, 2.05) is 18.2 Å². The molecule has 2 amide bonds. The summed E-state index contributed by atoms with van der Waals surface area (Å²) >= 11 is 1.71. The number of nitrogens with one attached hydrogen (secondary N) is 2. The number of urea groups is 1. The average Bonchev–Trinajstić information content (AvgIpc) is 2.93. The van der Waals surface area contributed by atoms with Crippen LogP contribution in [0.2, 0.25) is 0 Å². The van der Waals surface area contributed by atoms with E-state index in [-0.39, 0.29) is 6.03 Å². The van der Waals surface area contributed by atoms with E-state index in [1.54, 1.807) is 11.3 Å². The highest BCUT2D eigenvalue weighted by Crippen LogP contribution is 2.27. The molecule has 0 aliphatic rings. The van der Waals surface area contributed by atoms with Crippen molar-refractivity contribution in [2.45, 2.75) is 20.4 Å². The summed E-state index contributed by atoms with van der Waals surface area (Å²) < 4.78 is 0. The molecule has 1 aromatic carbocycles. The normalized spacial score (nSPS) is 10.6. The van der Waals surface area contributed by atoms with Gasteiger partial charge in [-0.1, -0.05) is 44.2 Å². The summed E-state index contributed by atoms with van der Waals surface area (Å²) in [5, 5.41) is 5.72. The Morgan fingerprint density at radius 2 is 1.85 bits per heavy atom. The molecule has 20 heavy (non-hydrogen) atoms. The van der Waals surface area contributed by atoms with Gasteiger partial charge >= 0.3 is 6.03 Å². The fourth-order valence-corrected chi connectivity index (χ4v) is 2.71. The summed E-state index contributed by atoms with van der Waals surface area (Å²) in [6.45, 7) is 5.42. The first kappa shape index (κ1) is 14.6. The van der Waals surface area contributed by atoms with E-state index in [4.69, 9.17) is 0 Å². The van der Waals surface area contributed by atoms with Gasteiger partial charge in [-0.3, -0.25) is 0 Å². The topological polar surface area (TPSA) is 41.1 Å². The monoisotopic (exact) mass is 288 g/mol. The number of thiophene rings is 1. The number of carbonyl (C=O) groups is 1. The van der Waals surface area contributed by atoms with Gasteiger partial charge in [0.05, 0.1) is 6.54 Å². The van der Waals surface area contributed by atoms with Gasteiger partial charge in [-0.15, -0.1) is 11.3 Å². The van der Waals surface area contributed by atoms with Crippen LogP contribution in [0.25, 0.3) is 10.4 Å². The predicted octanol–water partition coefficient (Wildman–Crippen LogP) is 3.87. The third kappa shape index (κ3) is 4.38. The van der Waals surface area contributed by atoms with E-state index in [0.29, 0.717) is 19.0 Å². The minimum absolute atomic E-state index is 0.103. The summed E-state index contributed by atoms with van der Waals surface area (Å²) in [5.74, 6) is 0.465. The maximum absolute atomic E-state index is 11.6. The maximum Gasteiger partial charge on any atom is 0.315 e. The van der Waals surface area contributed by atoms with Crippen molar-refractivity contribution in [2.75, 3.05) is 6.54 Å². The first-order chi connectivity index (χ1) is 9.65. The lowest BCUT2D eigenvalue weighted by molar-refractivity contribution is 0.239. The molecule has 0 radical (unpaired) electrons. The summed E-state index contributed by atoms with van der Waals surface area (Å²) in [6.07, 6.45) is 0. The largest absolute Gasteiger partial charge is 0.338 e. The Balaban J connectivity index is 1.86. The third-order valence-corrected chi connectivity index (χ3v) is 3.95. The number of hydrogen-bond donors (Lipinski definition) is 2. The second-order valence-electron chi connectivity index (χ2n) is 5.09. The van der Waals surface area contributed by atoms with E-state index in [1.165, 1.54) is 10.4 Å². The molecular formula is C16H20N2OS. The standard InChI is InChI=1S/C16H20N2OS/c1-12(2)10-17-16(19)18-11-14-8-9-15(20-14)13-6-4-3-5-7-13/h3-9,12H,10-11H2,1-2H3,(H2,17,18,19). The quantitative estimate of drug-likeness (QED) is 0.861. The molecule has 0 saturated carbocycles. The molecule has 2 rings (SSSR count). The van der Waals surface area contributed by atoms with Crippen molar-refractivity contribution in [2.24, 2.45) is 5.92 Å². The maximum atomic E-state index is 11.6. The number of rotatable bonds is 5. The van der Waals surface area contributed by atoms with E-state index in [0.717, 1.165) is 4.88 Å². The second-order valence-corrected chi connectivity index (χ2v) is 6.26. The number of hydrogen-bond acceptors (Lipinski definition) is 2. The van der Waals surface area contributed by atoms with Crippen molar-refractivity contribution in [3.8, 4) is 10.4 Å². The summed E-state index contributed by atoms with van der Waals surface area (Å²) in [5.41, 5.74) is 1.22. The van der Waals surface area contributed by atoms with Crippen molar-refractivity contribution < 1.29 is 4.79 Å². The molecule has 0 atom stereocenters. The fourth-order valence-electron chi connectivity index (χ4n) is 1.76. The molecule has 1 heterocycles. The highest BCUT2D eigenvalue weighted by Gasteiger charge is 2.05. The first-order valence-corrected chi connectivity index (χ1v) is 7.62. The van der Waals surface area contributed by atoms with Gasteiger partial charge < -0.3 is 10.6 Å². The molecule has 3 nitrogen and oxygen atoms in total. The molecule has 4 heteroatoms. The lowest BCUT2D eigenvalue weighted by Crippen LogP contribution is -2.36. The molecule has 1 aromatic heterocycles. The van der Waals surface area contributed by atoms with Crippen molar-refractivity contribution in [3.63, 3.8) is 0 Å². The third-order valence-electron chi connectivity index (χ3n) is 2.81. The Kier molecular flexibility index (Phi) is 5.18. The Labute approximate surface area is 124 Å². The van der Waals surface area contributed by atoms with E-state index >= 15 is 0 Å². The van der Waals surface area contributed by atoms with Crippen LogP contribution in [0.1, 0.15) is 18.7 Å². The van der Waals surface area contributed by atoms with Crippen molar-refractivity contribution in [3.05, 3.63) is 47.3 Å². The minimum Gasteiger partial charge on any atom is -0.338 e. The average molecular weight is 288 g/mol. The van der Waals surface area contributed by atoms with Gasteiger partial charge in [-0.05, 0) is 23.6 Å². The molecule has 0 fully saturated rings. The molecular weight excluding hydrogens is 268 g/mol. The van der Waals surface area contributed by atoms with Gasteiger partial charge in [-0.2, -0.15) is 0 Å². The van der Waals surface area contributed by atoms with Crippen molar-refractivity contribution >= 4 is 17.4 Å². The van der Waals surface area contributed by atoms with Crippen LogP contribution in [0, 0.1) is 5.92 Å². The van der Waals surface area contributed by atoms with Crippen LogP contribution >= 0.6 is 11.3 Å². The van der Waals surface area contributed by atoms with Gasteiger partial charge in [0.1, 0.15) is 0 Å². The molecule has 106 valence electrons. The minimum atomic E-state index is -0.103. The van der Waals surface area contributed by atoms with Gasteiger partial charge in [-0.25, -0.2) is 4.79 Å². The Morgan fingerprint density at radius 3 is 2.55 bits per heavy atom. The molecule has 0 saturated heterocycles. The highest BCUT2D eigenvalue weighted by molar-refractivity contribution is 7.15. The Hall–Kier alpha value is -1.81. The molecule has 0 bridgehead atoms. The number of carbonyl (C=O) groups excluding carboxylic acids is 1. The molecule has 2 aromatic rings. The van der Waals surface area contributed by atoms with Crippen LogP contribution in [0.4, 0.5) is 4.79 Å². The van der Waals surface area contributed by atoms with E-state index in [9.17, 15) is 4.79 Å². The molecule has 0 aliphatic heterocycles. The van der Waals surface area contributed by atoms with Crippen molar-refractivity contribution in [1.82, 2.24) is 10.6 Å². The predicted molar refractivity (Wildman–Crippen MR) is 84.8 cm³/mol. The Morgan fingerprint density at radius 1 is 1.10 bits per heavy atom. The smallest absolute Gasteiger partial charge is 0.315 e. The van der Waals surface area contributed by atoms with Gasteiger partial charge in [0, 0.05) is 16.3 Å². The van der Waals surface area contributed by atoms with Crippen LogP contribution < -0.4 is 10.6 Å². The zero-order chi connectivity index (χ0) is 14.4. The van der Waals surface area contributed by atoms with Crippen LogP contribution in [-0.4, -0.2) is 12.6 Å². The van der Waals surface area contributed by atoms with Crippen LogP contribution in [0.15, 0.2) is 42.5 Å². The van der Waals surface area contributed by atoms with Gasteiger partial charge in [0.25, 0.3) is 0 Å². The SMILES string of the molecule is CC(C)CNC(=O)NCc1ccc(-c2ccccc2)s1. The lowest BCUT2D eigenvalue weighted by atomic mass is 10.2. The van der Waals surface area contributed by atoms with Crippen LogP contribution in [0.5, 0.6) is 0 Å².